The molecule has 124 valence electrons. The Morgan fingerprint density at radius 3 is 3.04 bits per heavy atom. The smallest absolute Gasteiger partial charge is 0.262 e. The molecule has 4 nitrogen and oxygen atoms in total. The highest BCUT2D eigenvalue weighted by Gasteiger charge is 2.22. The topological polar surface area (TPSA) is 55.1 Å². The van der Waals surface area contributed by atoms with E-state index in [2.05, 4.69) is 4.98 Å². The Morgan fingerprint density at radius 1 is 1.42 bits per heavy atom. The van der Waals surface area contributed by atoms with Crippen LogP contribution in [0.15, 0.2) is 29.3 Å². The van der Waals surface area contributed by atoms with Crippen LogP contribution in [0.5, 0.6) is 0 Å². The van der Waals surface area contributed by atoms with Gasteiger partial charge >= 0.3 is 0 Å². The van der Waals surface area contributed by atoms with Gasteiger partial charge in [0.2, 0.25) is 0 Å². The molecule has 1 aromatic carbocycles. The maximum Gasteiger partial charge on any atom is 0.262 e. The quantitative estimate of drug-likeness (QED) is 0.794. The molecule has 0 amide bonds. The molecule has 1 aliphatic rings. The molecule has 0 bridgehead atoms. The van der Waals surface area contributed by atoms with Crippen LogP contribution in [-0.4, -0.2) is 14.7 Å². The molecule has 0 spiro atoms. The lowest BCUT2D eigenvalue weighted by atomic mass is 10.0. The molecule has 1 N–H and O–H groups in total. The van der Waals surface area contributed by atoms with Gasteiger partial charge < -0.3 is 5.11 Å². The Bertz CT molecular complexity index is 993. The number of hydrogen-bond acceptors (Lipinski definition) is 4. The molecule has 3 aromatic rings. The third-order valence-electron chi connectivity index (χ3n) is 4.65. The first-order valence-electron chi connectivity index (χ1n) is 7.98. The van der Waals surface area contributed by atoms with Gasteiger partial charge in [-0.25, -0.2) is 9.37 Å². The molecule has 0 saturated heterocycles. The van der Waals surface area contributed by atoms with Crippen molar-refractivity contribution in [3.8, 4) is 0 Å². The lowest BCUT2D eigenvalue weighted by Crippen LogP contribution is -2.24. The van der Waals surface area contributed by atoms with E-state index in [-0.39, 0.29) is 17.9 Å². The Morgan fingerprint density at radius 2 is 2.25 bits per heavy atom. The van der Waals surface area contributed by atoms with Crippen molar-refractivity contribution in [1.29, 1.82) is 0 Å². The molecule has 0 aliphatic heterocycles. The third kappa shape index (κ3) is 2.46. The van der Waals surface area contributed by atoms with Gasteiger partial charge in [-0.2, -0.15) is 0 Å². The predicted octanol–water partition coefficient (Wildman–Crippen LogP) is 3.13. The minimum atomic E-state index is -0.880. The van der Waals surface area contributed by atoms with Crippen molar-refractivity contribution in [3.63, 3.8) is 0 Å². The minimum Gasteiger partial charge on any atom is -0.387 e. The van der Waals surface area contributed by atoms with E-state index in [4.69, 9.17) is 0 Å². The van der Waals surface area contributed by atoms with Gasteiger partial charge in [-0.3, -0.25) is 9.36 Å². The average Bonchev–Trinajstić information content (AvgIpc) is 3.10. The van der Waals surface area contributed by atoms with E-state index >= 15 is 0 Å². The molecule has 6 heteroatoms. The van der Waals surface area contributed by atoms with Crippen LogP contribution in [0.4, 0.5) is 4.39 Å². The summed E-state index contributed by atoms with van der Waals surface area (Å²) in [4.78, 5) is 19.3. The van der Waals surface area contributed by atoms with Crippen LogP contribution in [-0.2, 0) is 19.4 Å². The summed E-state index contributed by atoms with van der Waals surface area (Å²) >= 11 is 1.60. The first-order chi connectivity index (χ1) is 11.5. The van der Waals surface area contributed by atoms with Crippen molar-refractivity contribution in [2.45, 2.75) is 38.8 Å². The fourth-order valence-electron chi connectivity index (χ4n) is 3.45. The van der Waals surface area contributed by atoms with Crippen molar-refractivity contribution in [2.75, 3.05) is 0 Å². The first kappa shape index (κ1) is 15.5. The highest BCUT2D eigenvalue weighted by Crippen LogP contribution is 2.34. The van der Waals surface area contributed by atoms with Gasteiger partial charge in [0.1, 0.15) is 10.6 Å². The van der Waals surface area contributed by atoms with Gasteiger partial charge in [0.05, 0.1) is 24.4 Å². The second kappa shape index (κ2) is 5.79. The Labute approximate surface area is 142 Å². The van der Waals surface area contributed by atoms with E-state index in [1.165, 1.54) is 27.9 Å². The summed E-state index contributed by atoms with van der Waals surface area (Å²) < 4.78 is 14.7. The number of rotatable bonds is 3. The molecule has 2 aromatic heterocycles. The Balaban J connectivity index is 1.72. The minimum absolute atomic E-state index is 0.0989. The van der Waals surface area contributed by atoms with Crippen molar-refractivity contribution in [3.05, 3.63) is 62.3 Å². The molecule has 1 aliphatic carbocycles. The number of thiophene rings is 1. The SMILES string of the molecule is Cc1cc(F)ccc1C(O)Cn1cnc2sc3c(c2c1=O)CCC3. The highest BCUT2D eigenvalue weighted by atomic mass is 32.1. The van der Waals surface area contributed by atoms with Crippen LogP contribution < -0.4 is 5.56 Å². The molecule has 24 heavy (non-hydrogen) atoms. The molecular formula is C18H17FN2O2S. The number of aromatic nitrogens is 2. The van der Waals surface area contributed by atoms with Gasteiger partial charge in [-0.15, -0.1) is 11.3 Å². The van der Waals surface area contributed by atoms with Gasteiger partial charge in [-0.05, 0) is 55.0 Å². The summed E-state index contributed by atoms with van der Waals surface area (Å²) in [5, 5.41) is 11.2. The van der Waals surface area contributed by atoms with Crippen LogP contribution in [0, 0.1) is 12.7 Å². The third-order valence-corrected chi connectivity index (χ3v) is 5.85. The van der Waals surface area contributed by atoms with Crippen LogP contribution >= 0.6 is 11.3 Å². The van der Waals surface area contributed by atoms with Crippen molar-refractivity contribution in [2.24, 2.45) is 0 Å². The van der Waals surface area contributed by atoms with Gasteiger partial charge in [0.25, 0.3) is 5.56 Å². The monoisotopic (exact) mass is 344 g/mol. The number of aliphatic hydroxyl groups is 1. The first-order valence-corrected chi connectivity index (χ1v) is 8.80. The number of halogens is 1. The zero-order valence-electron chi connectivity index (χ0n) is 13.3. The zero-order chi connectivity index (χ0) is 16.8. The van der Waals surface area contributed by atoms with E-state index in [1.54, 1.807) is 24.3 Å². The van der Waals surface area contributed by atoms with E-state index < -0.39 is 6.10 Å². The average molecular weight is 344 g/mol. The summed E-state index contributed by atoms with van der Waals surface area (Å²) in [6, 6.07) is 4.27. The summed E-state index contributed by atoms with van der Waals surface area (Å²) in [6.45, 7) is 1.86. The molecule has 0 fully saturated rings. The molecule has 0 saturated carbocycles. The number of fused-ring (bicyclic) bond motifs is 3. The summed E-state index contributed by atoms with van der Waals surface area (Å²) in [5.74, 6) is -0.336. The fourth-order valence-corrected chi connectivity index (χ4v) is 4.67. The van der Waals surface area contributed by atoms with Crippen LogP contribution in [0.2, 0.25) is 0 Å². The standard InChI is InChI=1S/C18H17FN2O2S/c1-10-7-11(19)5-6-12(10)14(22)8-21-9-20-17-16(18(21)23)13-3-2-4-15(13)24-17/h5-7,9,14,22H,2-4,8H2,1H3. The lowest BCUT2D eigenvalue weighted by molar-refractivity contribution is 0.154. The number of hydrogen-bond donors (Lipinski definition) is 1. The van der Waals surface area contributed by atoms with Crippen molar-refractivity contribution in [1.82, 2.24) is 9.55 Å². The van der Waals surface area contributed by atoms with E-state index in [0.29, 0.717) is 16.5 Å². The molecule has 2 heterocycles. The van der Waals surface area contributed by atoms with Crippen LogP contribution in [0.1, 0.15) is 34.1 Å². The number of benzene rings is 1. The normalized spacial score (nSPS) is 15.0. The number of aryl methyl sites for hydroxylation is 3. The van der Waals surface area contributed by atoms with E-state index in [9.17, 15) is 14.3 Å². The number of aliphatic hydroxyl groups excluding tert-OH is 1. The van der Waals surface area contributed by atoms with Crippen molar-refractivity contribution >= 4 is 21.6 Å². The van der Waals surface area contributed by atoms with Gasteiger partial charge in [-0.1, -0.05) is 6.07 Å². The Kier molecular flexibility index (Phi) is 3.73. The maximum atomic E-state index is 13.2. The van der Waals surface area contributed by atoms with Crippen LogP contribution in [0.3, 0.4) is 0 Å². The highest BCUT2D eigenvalue weighted by molar-refractivity contribution is 7.18. The van der Waals surface area contributed by atoms with E-state index in [0.717, 1.165) is 29.7 Å². The summed E-state index contributed by atoms with van der Waals surface area (Å²) in [6.07, 6.45) is 3.65. The molecular weight excluding hydrogens is 327 g/mol. The largest absolute Gasteiger partial charge is 0.387 e. The lowest BCUT2D eigenvalue weighted by Gasteiger charge is -2.15. The molecule has 1 unspecified atom stereocenters. The van der Waals surface area contributed by atoms with Crippen molar-refractivity contribution < 1.29 is 9.50 Å². The second-order valence-electron chi connectivity index (χ2n) is 6.26. The zero-order valence-corrected chi connectivity index (χ0v) is 14.1. The number of nitrogens with zero attached hydrogens (tertiary/aromatic N) is 2. The summed E-state index contributed by atoms with van der Waals surface area (Å²) in [5.41, 5.74) is 2.33. The summed E-state index contributed by atoms with van der Waals surface area (Å²) in [7, 11) is 0. The van der Waals surface area contributed by atoms with E-state index in [1.807, 2.05) is 0 Å². The maximum absolute atomic E-state index is 13.2. The molecule has 1 atom stereocenters. The van der Waals surface area contributed by atoms with Gasteiger partial charge in [0.15, 0.2) is 0 Å². The Hall–Kier alpha value is -2.05. The predicted molar refractivity (Wildman–Crippen MR) is 92.0 cm³/mol. The molecule has 0 radical (unpaired) electrons. The van der Waals surface area contributed by atoms with Crippen LogP contribution in [0.25, 0.3) is 10.2 Å². The van der Waals surface area contributed by atoms with Gasteiger partial charge in [0, 0.05) is 4.88 Å². The fraction of sp³-hybridized carbons (Fsp3) is 0.333. The second-order valence-corrected chi connectivity index (χ2v) is 7.34. The molecule has 4 rings (SSSR count).